The number of fused-ring (bicyclic) bond motifs is 1. The number of hydrogen-bond donors (Lipinski definition) is 2. The fraction of sp³-hybridized carbons (Fsp3) is 0.167. The monoisotopic (exact) mass is 356 g/mol. The lowest BCUT2D eigenvalue weighted by Crippen LogP contribution is -2.32. The van der Waals surface area contributed by atoms with Crippen LogP contribution in [0.15, 0.2) is 57.8 Å². The largest absolute Gasteiger partial charge is 0.469 e. The van der Waals surface area contributed by atoms with Crippen LogP contribution in [0.1, 0.15) is 17.2 Å². The van der Waals surface area contributed by atoms with Crippen LogP contribution in [0.3, 0.4) is 0 Å². The Kier molecular flexibility index (Phi) is 4.30. The highest BCUT2D eigenvalue weighted by Gasteiger charge is 2.19. The van der Waals surface area contributed by atoms with E-state index in [-0.39, 0.29) is 18.7 Å². The summed E-state index contributed by atoms with van der Waals surface area (Å²) < 4.78 is 16.1. The lowest BCUT2D eigenvalue weighted by atomic mass is 9.99. The highest BCUT2D eigenvalue weighted by atomic mass is 32.1. The molecule has 1 aliphatic heterocycles. The van der Waals surface area contributed by atoms with Gasteiger partial charge in [0.15, 0.2) is 11.5 Å². The third-order valence-corrected chi connectivity index (χ3v) is 4.63. The lowest BCUT2D eigenvalue weighted by molar-refractivity contribution is 0.174. The predicted octanol–water partition coefficient (Wildman–Crippen LogP) is 4.02. The third kappa shape index (κ3) is 3.46. The van der Waals surface area contributed by atoms with E-state index in [9.17, 15) is 4.79 Å². The van der Waals surface area contributed by atoms with Crippen molar-refractivity contribution in [2.24, 2.45) is 0 Å². The van der Waals surface area contributed by atoms with Crippen LogP contribution in [0.4, 0.5) is 10.5 Å². The Morgan fingerprint density at radius 3 is 2.92 bits per heavy atom. The molecule has 4 rings (SSSR count). The number of ether oxygens (including phenoxy) is 2. The summed E-state index contributed by atoms with van der Waals surface area (Å²) in [4.78, 5) is 12.2. The first-order valence-corrected chi connectivity index (χ1v) is 8.74. The number of nitrogens with one attached hydrogen (secondary N) is 2. The number of rotatable bonds is 5. The van der Waals surface area contributed by atoms with E-state index in [0.717, 1.165) is 11.3 Å². The van der Waals surface area contributed by atoms with Crippen LogP contribution < -0.4 is 20.1 Å². The molecule has 25 heavy (non-hydrogen) atoms. The van der Waals surface area contributed by atoms with E-state index in [1.54, 1.807) is 35.8 Å². The van der Waals surface area contributed by atoms with Crippen molar-refractivity contribution in [3.8, 4) is 11.5 Å². The molecule has 0 radical (unpaired) electrons. The number of carbonyl (C=O) groups excluding carboxylic acids is 1. The van der Waals surface area contributed by atoms with Gasteiger partial charge in [0.05, 0.1) is 12.2 Å². The van der Waals surface area contributed by atoms with Crippen molar-refractivity contribution >= 4 is 23.1 Å². The van der Waals surface area contributed by atoms with Gasteiger partial charge in [0.25, 0.3) is 0 Å². The molecule has 2 aromatic heterocycles. The molecule has 3 aromatic rings. The Morgan fingerprint density at radius 1 is 1.20 bits per heavy atom. The molecule has 0 saturated heterocycles. The van der Waals surface area contributed by atoms with Crippen molar-refractivity contribution in [1.82, 2.24) is 5.32 Å². The van der Waals surface area contributed by atoms with E-state index in [1.165, 1.54) is 0 Å². The molecule has 0 aliphatic carbocycles. The van der Waals surface area contributed by atoms with Crippen molar-refractivity contribution in [2.45, 2.75) is 5.92 Å². The molecule has 1 aromatic carbocycles. The van der Waals surface area contributed by atoms with E-state index in [2.05, 4.69) is 16.0 Å². The molecule has 0 bridgehead atoms. The second-order valence-electron chi connectivity index (χ2n) is 5.53. The maximum atomic E-state index is 12.2. The van der Waals surface area contributed by atoms with Crippen molar-refractivity contribution in [1.29, 1.82) is 0 Å². The van der Waals surface area contributed by atoms with E-state index < -0.39 is 0 Å². The second kappa shape index (κ2) is 6.90. The van der Waals surface area contributed by atoms with E-state index in [4.69, 9.17) is 13.9 Å². The van der Waals surface area contributed by atoms with Gasteiger partial charge in [-0.3, -0.25) is 0 Å². The van der Waals surface area contributed by atoms with Crippen molar-refractivity contribution in [2.75, 3.05) is 18.7 Å². The molecule has 0 fully saturated rings. The predicted molar refractivity (Wildman–Crippen MR) is 94.5 cm³/mol. The molecule has 2 amide bonds. The fourth-order valence-electron chi connectivity index (χ4n) is 2.69. The number of carbonyl (C=O) groups is 1. The number of benzene rings is 1. The summed E-state index contributed by atoms with van der Waals surface area (Å²) in [6, 6.07) is 10.8. The average molecular weight is 356 g/mol. The standard InChI is InChI=1S/C18H16N2O4S/c21-18(20-13-3-4-16-17(8-13)24-11-23-16)19-9-14(12-5-7-25-10-12)15-2-1-6-22-15/h1-8,10,14H,9,11H2,(H2,19,20,21). The Hall–Kier alpha value is -2.93. The van der Waals surface area contributed by atoms with Crippen LogP contribution in [-0.4, -0.2) is 19.4 Å². The van der Waals surface area contributed by atoms with Crippen molar-refractivity contribution in [3.63, 3.8) is 0 Å². The van der Waals surface area contributed by atoms with Crippen molar-refractivity contribution in [3.05, 3.63) is 64.7 Å². The van der Waals surface area contributed by atoms with E-state index in [1.807, 2.05) is 23.6 Å². The minimum atomic E-state index is -0.286. The summed E-state index contributed by atoms with van der Waals surface area (Å²) in [5.41, 5.74) is 1.76. The summed E-state index contributed by atoms with van der Waals surface area (Å²) in [5.74, 6) is 2.11. The van der Waals surface area contributed by atoms with E-state index >= 15 is 0 Å². The SMILES string of the molecule is O=C(NCC(c1ccsc1)c1ccco1)Nc1ccc2c(c1)OCO2. The topological polar surface area (TPSA) is 72.7 Å². The van der Waals surface area contributed by atoms with Crippen LogP contribution in [0.2, 0.25) is 0 Å². The summed E-state index contributed by atoms with van der Waals surface area (Å²) in [6.45, 7) is 0.636. The normalized spacial score (nSPS) is 13.4. The Bertz CT molecular complexity index is 812. The fourth-order valence-corrected chi connectivity index (χ4v) is 3.40. The number of urea groups is 1. The van der Waals surface area contributed by atoms with Gasteiger partial charge in [-0.2, -0.15) is 11.3 Å². The van der Waals surface area contributed by atoms with Crippen LogP contribution >= 0.6 is 11.3 Å². The summed E-state index contributed by atoms with van der Waals surface area (Å²) in [6.07, 6.45) is 1.64. The molecule has 6 nitrogen and oxygen atoms in total. The number of furan rings is 1. The number of thiophene rings is 1. The lowest BCUT2D eigenvalue weighted by Gasteiger charge is -2.15. The minimum absolute atomic E-state index is 0.0243. The Balaban J connectivity index is 1.40. The molecule has 1 unspecified atom stereocenters. The Labute approximate surface area is 148 Å². The maximum Gasteiger partial charge on any atom is 0.319 e. The van der Waals surface area contributed by atoms with Gasteiger partial charge < -0.3 is 24.5 Å². The first-order chi connectivity index (χ1) is 12.3. The van der Waals surface area contributed by atoms with Crippen LogP contribution in [-0.2, 0) is 0 Å². The highest BCUT2D eigenvalue weighted by Crippen LogP contribution is 2.34. The molecule has 2 N–H and O–H groups in total. The first-order valence-electron chi connectivity index (χ1n) is 7.79. The van der Waals surface area contributed by atoms with Gasteiger partial charge in [0.2, 0.25) is 6.79 Å². The van der Waals surface area contributed by atoms with Gasteiger partial charge in [-0.25, -0.2) is 4.79 Å². The molecule has 3 heterocycles. The summed E-state index contributed by atoms with van der Waals surface area (Å²) in [7, 11) is 0. The third-order valence-electron chi connectivity index (χ3n) is 3.93. The van der Waals surface area contributed by atoms with Gasteiger partial charge in [-0.1, -0.05) is 0 Å². The Morgan fingerprint density at radius 2 is 2.12 bits per heavy atom. The van der Waals surface area contributed by atoms with Gasteiger partial charge in [-0.15, -0.1) is 0 Å². The van der Waals surface area contributed by atoms with Gasteiger partial charge in [0, 0.05) is 18.3 Å². The smallest absolute Gasteiger partial charge is 0.319 e. The minimum Gasteiger partial charge on any atom is -0.469 e. The quantitative estimate of drug-likeness (QED) is 0.724. The zero-order chi connectivity index (χ0) is 17.1. The number of amides is 2. The summed E-state index contributed by atoms with van der Waals surface area (Å²) >= 11 is 1.62. The molecule has 0 saturated carbocycles. The van der Waals surface area contributed by atoms with Gasteiger partial charge in [0.1, 0.15) is 5.76 Å². The van der Waals surface area contributed by atoms with Crippen LogP contribution in [0.25, 0.3) is 0 Å². The van der Waals surface area contributed by atoms with Crippen molar-refractivity contribution < 1.29 is 18.7 Å². The molecule has 1 atom stereocenters. The molecular weight excluding hydrogens is 340 g/mol. The van der Waals surface area contributed by atoms with Crippen LogP contribution in [0, 0.1) is 0 Å². The van der Waals surface area contributed by atoms with Gasteiger partial charge >= 0.3 is 6.03 Å². The molecule has 7 heteroatoms. The maximum absolute atomic E-state index is 12.2. The molecular formula is C18H16N2O4S. The highest BCUT2D eigenvalue weighted by molar-refractivity contribution is 7.08. The number of hydrogen-bond acceptors (Lipinski definition) is 5. The molecule has 1 aliphatic rings. The molecule has 128 valence electrons. The average Bonchev–Trinajstić information content (AvgIpc) is 3.37. The number of anilines is 1. The second-order valence-corrected chi connectivity index (χ2v) is 6.31. The zero-order valence-corrected chi connectivity index (χ0v) is 14.0. The van der Waals surface area contributed by atoms with Gasteiger partial charge in [-0.05, 0) is 46.7 Å². The zero-order valence-electron chi connectivity index (χ0n) is 13.2. The molecule has 0 spiro atoms. The van der Waals surface area contributed by atoms with Crippen LogP contribution in [0.5, 0.6) is 11.5 Å². The van der Waals surface area contributed by atoms with E-state index in [0.29, 0.717) is 23.7 Å². The summed E-state index contributed by atoms with van der Waals surface area (Å²) in [5, 5.41) is 9.77. The first kappa shape index (κ1) is 15.6.